The first-order valence-corrected chi connectivity index (χ1v) is 11.0. The molecular formula is C26H23F3N4O3. The van der Waals surface area contributed by atoms with Gasteiger partial charge in [-0.15, -0.1) is 0 Å². The highest BCUT2D eigenvalue weighted by Gasteiger charge is 2.31. The van der Waals surface area contributed by atoms with E-state index >= 15 is 0 Å². The number of halogens is 3. The predicted molar refractivity (Wildman–Crippen MR) is 128 cm³/mol. The van der Waals surface area contributed by atoms with Crippen LogP contribution in [0.1, 0.15) is 43.6 Å². The van der Waals surface area contributed by atoms with Crippen LogP contribution in [0.5, 0.6) is 0 Å². The molecule has 2 amide bonds. The number of aryl methyl sites for hydroxylation is 1. The number of amides is 2. The molecule has 0 spiro atoms. The molecule has 0 aliphatic heterocycles. The number of fused-ring (bicyclic) bond motifs is 1. The van der Waals surface area contributed by atoms with Gasteiger partial charge in [-0.25, -0.2) is 4.98 Å². The van der Waals surface area contributed by atoms with Crippen molar-refractivity contribution in [3.8, 4) is 0 Å². The third kappa shape index (κ3) is 5.38. The van der Waals surface area contributed by atoms with Gasteiger partial charge in [-0.05, 0) is 54.4 Å². The fourth-order valence-corrected chi connectivity index (χ4v) is 3.74. The van der Waals surface area contributed by atoms with E-state index in [1.165, 1.54) is 25.4 Å². The summed E-state index contributed by atoms with van der Waals surface area (Å²) >= 11 is 0. The fourth-order valence-electron chi connectivity index (χ4n) is 3.74. The van der Waals surface area contributed by atoms with Crippen LogP contribution in [0, 0.1) is 6.92 Å². The van der Waals surface area contributed by atoms with E-state index in [4.69, 9.17) is 4.74 Å². The van der Waals surface area contributed by atoms with Crippen molar-refractivity contribution in [2.45, 2.75) is 19.1 Å². The summed E-state index contributed by atoms with van der Waals surface area (Å²) in [7, 11) is 1.45. The van der Waals surface area contributed by atoms with Crippen molar-refractivity contribution in [1.29, 1.82) is 0 Å². The Morgan fingerprint density at radius 3 is 2.61 bits per heavy atom. The normalized spacial score (nSPS) is 12.4. The van der Waals surface area contributed by atoms with E-state index in [-0.39, 0.29) is 18.1 Å². The van der Waals surface area contributed by atoms with Gasteiger partial charge < -0.3 is 15.4 Å². The summed E-state index contributed by atoms with van der Waals surface area (Å²) in [5.41, 5.74) is 1.84. The van der Waals surface area contributed by atoms with Crippen LogP contribution in [0.4, 0.5) is 18.9 Å². The molecule has 7 nitrogen and oxygen atoms in total. The van der Waals surface area contributed by atoms with Crippen LogP contribution in [-0.2, 0) is 10.9 Å². The van der Waals surface area contributed by atoms with Crippen LogP contribution in [0.15, 0.2) is 73.1 Å². The minimum Gasteiger partial charge on any atom is -0.382 e. The number of imidazole rings is 1. The highest BCUT2D eigenvalue weighted by Crippen LogP contribution is 2.30. The SMILES string of the molecule is COC[C@H](NC(=O)c1cccc(C(F)(F)F)c1)c1ccc(C)c(NC(=O)c2cnc3ccccn23)c1. The van der Waals surface area contributed by atoms with Crippen molar-refractivity contribution in [3.05, 3.63) is 101 Å². The van der Waals surface area contributed by atoms with Crippen LogP contribution >= 0.6 is 0 Å². The van der Waals surface area contributed by atoms with Crippen molar-refractivity contribution >= 4 is 23.1 Å². The molecule has 0 aliphatic carbocycles. The van der Waals surface area contributed by atoms with Crippen LogP contribution in [0.25, 0.3) is 5.65 Å². The number of anilines is 1. The van der Waals surface area contributed by atoms with Crippen molar-refractivity contribution in [1.82, 2.24) is 14.7 Å². The number of hydrogen-bond acceptors (Lipinski definition) is 4. The van der Waals surface area contributed by atoms with Gasteiger partial charge in [-0.3, -0.25) is 14.0 Å². The van der Waals surface area contributed by atoms with Gasteiger partial charge in [-0.1, -0.05) is 24.3 Å². The van der Waals surface area contributed by atoms with Crippen LogP contribution in [0.2, 0.25) is 0 Å². The summed E-state index contributed by atoms with van der Waals surface area (Å²) in [5.74, 6) is -1.05. The molecule has 1 atom stereocenters. The van der Waals surface area contributed by atoms with Crippen molar-refractivity contribution < 1.29 is 27.5 Å². The molecule has 2 N–H and O–H groups in total. The highest BCUT2D eigenvalue weighted by atomic mass is 19.4. The second kappa shape index (κ2) is 10.2. The lowest BCUT2D eigenvalue weighted by molar-refractivity contribution is -0.137. The van der Waals surface area contributed by atoms with Gasteiger partial charge in [0.1, 0.15) is 11.3 Å². The molecule has 0 radical (unpaired) electrons. The molecule has 0 bridgehead atoms. The average molecular weight is 496 g/mol. The van der Waals surface area contributed by atoms with Gasteiger partial charge in [0.2, 0.25) is 0 Å². The Labute approximate surface area is 204 Å². The number of methoxy groups -OCH3 is 1. The summed E-state index contributed by atoms with van der Waals surface area (Å²) in [6.45, 7) is 1.88. The van der Waals surface area contributed by atoms with Gasteiger partial charge in [0, 0.05) is 24.6 Å². The first-order chi connectivity index (χ1) is 17.2. The van der Waals surface area contributed by atoms with Crippen molar-refractivity contribution in [3.63, 3.8) is 0 Å². The van der Waals surface area contributed by atoms with Crippen LogP contribution in [0.3, 0.4) is 0 Å². The average Bonchev–Trinajstić information content (AvgIpc) is 3.29. The number of nitrogens with zero attached hydrogens (tertiary/aromatic N) is 2. The third-order valence-corrected chi connectivity index (χ3v) is 5.65. The lowest BCUT2D eigenvalue weighted by Gasteiger charge is -2.20. The van der Waals surface area contributed by atoms with Gasteiger partial charge in [0.15, 0.2) is 0 Å². The highest BCUT2D eigenvalue weighted by molar-refractivity contribution is 6.04. The van der Waals surface area contributed by atoms with Gasteiger partial charge in [-0.2, -0.15) is 13.2 Å². The van der Waals surface area contributed by atoms with Crippen LogP contribution < -0.4 is 10.6 Å². The standard InChI is InChI=1S/C26H23F3N4O3/c1-16-9-10-17(13-20(16)31-25(35)22-14-30-23-8-3-4-11-33(22)23)21(15-36-2)32-24(34)18-6-5-7-19(12-18)26(27,28)29/h3-14,21H,15H2,1-2H3,(H,31,35)(H,32,34)/t21-/m0/s1. The minimum absolute atomic E-state index is 0.0639. The molecule has 2 heterocycles. The number of aromatic nitrogens is 2. The number of alkyl halides is 3. The lowest BCUT2D eigenvalue weighted by Crippen LogP contribution is -2.31. The van der Waals surface area contributed by atoms with E-state index in [0.29, 0.717) is 22.6 Å². The number of benzene rings is 2. The Balaban J connectivity index is 1.57. The minimum atomic E-state index is -4.56. The second-order valence-corrected chi connectivity index (χ2v) is 8.16. The molecule has 0 unspecified atom stereocenters. The number of hydrogen-bond donors (Lipinski definition) is 2. The maximum atomic E-state index is 13.1. The first-order valence-electron chi connectivity index (χ1n) is 11.0. The molecule has 0 fully saturated rings. The molecule has 4 aromatic rings. The predicted octanol–water partition coefficient (Wildman–Crippen LogP) is 5.03. The van der Waals surface area contributed by atoms with Crippen molar-refractivity contribution in [2.24, 2.45) is 0 Å². The number of carbonyl (C=O) groups excluding carboxylic acids is 2. The third-order valence-electron chi connectivity index (χ3n) is 5.65. The lowest BCUT2D eigenvalue weighted by atomic mass is 10.0. The fraction of sp³-hybridized carbons (Fsp3) is 0.192. The monoisotopic (exact) mass is 496 g/mol. The largest absolute Gasteiger partial charge is 0.416 e. The first kappa shape index (κ1) is 24.9. The number of carbonyl (C=O) groups is 2. The molecule has 0 aliphatic rings. The second-order valence-electron chi connectivity index (χ2n) is 8.16. The zero-order valence-corrected chi connectivity index (χ0v) is 19.5. The van der Waals surface area contributed by atoms with E-state index in [2.05, 4.69) is 15.6 Å². The molecule has 0 saturated carbocycles. The maximum Gasteiger partial charge on any atom is 0.416 e. The topological polar surface area (TPSA) is 84.7 Å². The summed E-state index contributed by atoms with van der Waals surface area (Å²) < 4.78 is 46.1. The molecule has 4 rings (SSSR count). The number of ether oxygens (including phenoxy) is 1. The summed E-state index contributed by atoms with van der Waals surface area (Å²) in [6, 6.07) is 14.2. The Morgan fingerprint density at radius 2 is 1.86 bits per heavy atom. The maximum absolute atomic E-state index is 13.1. The van der Waals surface area contributed by atoms with E-state index in [1.807, 2.05) is 13.0 Å². The quantitative estimate of drug-likeness (QED) is 0.376. The number of rotatable bonds is 7. The van der Waals surface area contributed by atoms with Gasteiger partial charge >= 0.3 is 6.18 Å². The van der Waals surface area contributed by atoms with E-state index in [1.54, 1.807) is 40.9 Å². The van der Waals surface area contributed by atoms with E-state index < -0.39 is 23.7 Å². The summed E-state index contributed by atoms with van der Waals surface area (Å²) in [5, 5.41) is 5.60. The molecule has 36 heavy (non-hydrogen) atoms. The Morgan fingerprint density at radius 1 is 1.06 bits per heavy atom. The zero-order valence-electron chi connectivity index (χ0n) is 19.5. The van der Waals surface area contributed by atoms with Crippen LogP contribution in [-0.4, -0.2) is 34.9 Å². The Bertz CT molecular complexity index is 1420. The number of nitrogens with one attached hydrogen (secondary N) is 2. The molecular weight excluding hydrogens is 473 g/mol. The molecule has 2 aromatic heterocycles. The molecule has 2 aromatic carbocycles. The van der Waals surface area contributed by atoms with Crippen molar-refractivity contribution in [2.75, 3.05) is 19.0 Å². The van der Waals surface area contributed by atoms with E-state index in [9.17, 15) is 22.8 Å². The van der Waals surface area contributed by atoms with Gasteiger partial charge in [0.25, 0.3) is 11.8 Å². The van der Waals surface area contributed by atoms with E-state index in [0.717, 1.165) is 17.7 Å². The van der Waals surface area contributed by atoms with Gasteiger partial charge in [0.05, 0.1) is 24.4 Å². The zero-order chi connectivity index (χ0) is 25.9. The molecule has 0 saturated heterocycles. The Hall–Kier alpha value is -4.18. The summed E-state index contributed by atoms with van der Waals surface area (Å²) in [4.78, 5) is 30.0. The number of pyridine rings is 1. The molecule has 10 heteroatoms. The molecule has 186 valence electrons. The Kier molecular flexibility index (Phi) is 7.07. The smallest absolute Gasteiger partial charge is 0.382 e. The summed E-state index contributed by atoms with van der Waals surface area (Å²) in [6.07, 6.45) is -1.35.